The van der Waals surface area contributed by atoms with Crippen LogP contribution >= 0.6 is 34.5 Å². The molecule has 21 nitrogen and oxygen atoms in total. The monoisotopic (exact) mass is 824 g/mol. The van der Waals surface area contributed by atoms with Gasteiger partial charge in [0.1, 0.15) is 0 Å². The Balaban J connectivity index is -0.000000122. The summed E-state index contributed by atoms with van der Waals surface area (Å²) in [5, 5.41) is 52.9. The van der Waals surface area contributed by atoms with Crippen molar-refractivity contribution in [2.24, 2.45) is 21.7 Å². The lowest BCUT2D eigenvalue weighted by Gasteiger charge is -2.43. The molecule has 4 heterocycles. The fourth-order valence-electron chi connectivity index (χ4n) is 3.53. The van der Waals surface area contributed by atoms with Gasteiger partial charge < -0.3 is 94.7 Å². The summed E-state index contributed by atoms with van der Waals surface area (Å²) in [6.07, 6.45) is 3.98. The summed E-state index contributed by atoms with van der Waals surface area (Å²) in [5.41, 5.74) is -1.41. The molecule has 0 unspecified atom stereocenters. The van der Waals surface area contributed by atoms with E-state index in [0.717, 1.165) is 39.1 Å². The molecule has 0 aromatic carbocycles. The van der Waals surface area contributed by atoms with Crippen LogP contribution in [-0.2, 0) is 31.7 Å². The molecule has 25 heteroatoms. The number of rotatable bonds is 14. The lowest BCUT2D eigenvalue weighted by Crippen LogP contribution is -2.42. The molecule has 0 amide bonds. The van der Waals surface area contributed by atoms with E-state index in [1.165, 1.54) is 0 Å². The highest BCUT2D eigenvalue weighted by molar-refractivity contribution is 7.41. The Morgan fingerprint density at radius 2 is 1.10 bits per heavy atom. The second-order valence-corrected chi connectivity index (χ2v) is 14.4. The molecule has 0 atom stereocenters. The van der Waals surface area contributed by atoms with Crippen molar-refractivity contribution in [1.82, 2.24) is 0 Å². The lowest BCUT2D eigenvalue weighted by atomic mass is 9.86. The van der Waals surface area contributed by atoms with Crippen LogP contribution in [0.4, 0.5) is 0 Å². The van der Waals surface area contributed by atoms with Gasteiger partial charge in [0.25, 0.3) is 0 Å². The average molecular weight is 825 g/mol. The molecule has 18 N–H and O–H groups in total. The first-order valence-corrected chi connectivity index (χ1v) is 18.8. The quantitative estimate of drug-likeness (QED) is 0.0897. The summed E-state index contributed by atoms with van der Waals surface area (Å²) in [6.45, 7) is 10.6. The third-order valence-corrected chi connectivity index (χ3v) is 9.81. The summed E-state index contributed by atoms with van der Waals surface area (Å²) in [4.78, 5) is 30.6. The zero-order chi connectivity index (χ0) is 35.7. The summed E-state index contributed by atoms with van der Waals surface area (Å²) >= 11 is 0. The molecule has 4 saturated heterocycles. The van der Waals surface area contributed by atoms with E-state index in [1.54, 1.807) is 0 Å². The molecule has 2 bridgehead atoms. The maximum Gasteiger partial charge on any atom is 0.332 e. The molecule has 0 spiro atoms. The van der Waals surface area contributed by atoms with Crippen molar-refractivity contribution in [3.05, 3.63) is 0 Å². The van der Waals surface area contributed by atoms with E-state index in [4.69, 9.17) is 72.8 Å². The zero-order valence-corrected chi connectivity index (χ0v) is 32.7. The number of fused-ring (bicyclic) bond motifs is 3. The van der Waals surface area contributed by atoms with Crippen molar-refractivity contribution < 1.29 is 104 Å². The Bertz CT molecular complexity index is 684. The molecule has 310 valence electrons. The molecule has 4 aliphatic rings. The number of hydrogen-bond acceptors (Lipinski definition) is 17. The van der Waals surface area contributed by atoms with Crippen LogP contribution in [0.1, 0.15) is 59.8 Å². The van der Waals surface area contributed by atoms with Gasteiger partial charge in [-0.05, 0) is 25.7 Å². The molecule has 0 aromatic heterocycles. The first kappa shape index (κ1) is 62.6. The van der Waals surface area contributed by atoms with E-state index >= 15 is 0 Å². The molecule has 0 aromatic rings. The molecule has 4 aliphatic heterocycles. The maximum absolute atomic E-state index is 10.00. The van der Waals surface area contributed by atoms with Gasteiger partial charge in [-0.3, -0.25) is 4.52 Å². The van der Waals surface area contributed by atoms with Gasteiger partial charge in [0, 0.05) is 21.7 Å². The first-order valence-electron chi connectivity index (χ1n) is 14.7. The summed E-state index contributed by atoms with van der Waals surface area (Å²) in [6, 6.07) is 0. The number of aliphatic hydroxyl groups is 6. The van der Waals surface area contributed by atoms with Crippen molar-refractivity contribution in [3.63, 3.8) is 0 Å². The summed E-state index contributed by atoms with van der Waals surface area (Å²) < 4.78 is 40.3. The standard InChI is InChI=1S/C7H15O4P.C6H13O4P.C6H11O3P.C6H14O3.H3O3P.4H2O/c1-2-3-7(4-8,5-9)6-11-12-10;1-2-6(3-7)4-9-11(8)10-5-6;1-2-6-3-7-10(8-4-6)9-5-6;1-2-6(3-7,4-8)5-9;1-4(2)3;;;;/h8-9H,2-6H2,1H3;7-8H,2-5H2,1H3;2-5H2,1H3;7-9H,2-5H2,1H3;1-3H;4*1H2. The zero-order valence-electron chi connectivity index (χ0n) is 29.1. The summed E-state index contributed by atoms with van der Waals surface area (Å²) in [7, 11) is -5.64. The Kier molecular flexibility index (Phi) is 44.2. The second kappa shape index (κ2) is 35.3. The van der Waals surface area contributed by atoms with Gasteiger partial charge in [0.15, 0.2) is 0 Å². The molecule has 50 heavy (non-hydrogen) atoms. The second-order valence-electron chi connectivity index (χ2n) is 11.2. The highest BCUT2D eigenvalue weighted by Gasteiger charge is 2.43. The van der Waals surface area contributed by atoms with Gasteiger partial charge >= 0.3 is 34.5 Å². The van der Waals surface area contributed by atoms with Gasteiger partial charge in [-0.2, -0.15) is 0 Å². The fraction of sp³-hybridized carbons (Fsp3) is 1.00. The Hall–Kier alpha value is 0.590. The summed E-state index contributed by atoms with van der Waals surface area (Å²) in [5.74, 6) is 0. The molecule has 4 rings (SSSR count). The van der Waals surface area contributed by atoms with Crippen LogP contribution in [0, 0.1) is 21.7 Å². The van der Waals surface area contributed by atoms with Gasteiger partial charge in [-0.15, -0.1) is 0 Å². The largest absolute Gasteiger partial charge is 0.412 e. The van der Waals surface area contributed by atoms with E-state index in [-0.39, 0.29) is 79.0 Å². The van der Waals surface area contributed by atoms with E-state index < -0.39 is 45.3 Å². The minimum atomic E-state index is -2.62. The molecule has 0 radical (unpaired) electrons. The number of aliphatic hydroxyl groups excluding tert-OH is 6. The van der Waals surface area contributed by atoms with Crippen LogP contribution in [-0.4, -0.2) is 151 Å². The first-order chi connectivity index (χ1) is 21.8. The Morgan fingerprint density at radius 3 is 1.32 bits per heavy atom. The Morgan fingerprint density at radius 1 is 0.700 bits per heavy atom. The SMILES string of the molecule is CCC(CO)(CO)CO.CCC1(CO)COP(O)OC1.CCC12COP(OC1)OC2.CCCC(CO)(CO)COP=O.O.O.O.O.OP(O)O. The third kappa shape index (κ3) is 24.8. The minimum Gasteiger partial charge on any atom is -0.412 e. The predicted octanol–water partition coefficient (Wildman–Crippen LogP) is -1.44. The van der Waals surface area contributed by atoms with Gasteiger partial charge in [-0.1, -0.05) is 34.1 Å². The van der Waals surface area contributed by atoms with Crippen LogP contribution in [0.3, 0.4) is 0 Å². The van der Waals surface area contributed by atoms with Crippen molar-refractivity contribution in [2.45, 2.75) is 59.8 Å². The molecular formula is C25H64O21P4. The molecule has 0 saturated carbocycles. The minimum absolute atomic E-state index is 0. The van der Waals surface area contributed by atoms with Gasteiger partial charge in [0.2, 0.25) is 0 Å². The van der Waals surface area contributed by atoms with Crippen molar-refractivity contribution in [1.29, 1.82) is 0 Å². The highest BCUT2D eigenvalue weighted by Crippen LogP contribution is 2.54. The Labute approximate surface area is 299 Å². The van der Waals surface area contributed by atoms with Crippen LogP contribution in [0.5, 0.6) is 0 Å². The highest BCUT2D eigenvalue weighted by atomic mass is 31.2. The predicted molar refractivity (Wildman–Crippen MR) is 185 cm³/mol. The van der Waals surface area contributed by atoms with Gasteiger partial charge in [0.05, 0.1) is 79.3 Å². The normalized spacial score (nSPS) is 23.6. The van der Waals surface area contributed by atoms with Crippen LogP contribution in [0.25, 0.3) is 0 Å². The van der Waals surface area contributed by atoms with E-state index in [0.29, 0.717) is 26.1 Å². The van der Waals surface area contributed by atoms with E-state index in [2.05, 4.69) is 11.4 Å². The molecular weight excluding hydrogens is 760 g/mol. The third-order valence-electron chi connectivity index (χ3n) is 7.86. The van der Waals surface area contributed by atoms with Crippen molar-refractivity contribution >= 4 is 34.5 Å². The van der Waals surface area contributed by atoms with Crippen LogP contribution in [0.2, 0.25) is 0 Å². The van der Waals surface area contributed by atoms with Crippen molar-refractivity contribution in [3.8, 4) is 0 Å². The van der Waals surface area contributed by atoms with E-state index in [1.807, 2.05) is 20.8 Å². The average Bonchev–Trinajstić information content (AvgIpc) is 3.10. The maximum atomic E-state index is 10.00. The van der Waals surface area contributed by atoms with Gasteiger partial charge in [-0.25, -0.2) is 4.57 Å². The van der Waals surface area contributed by atoms with Crippen LogP contribution < -0.4 is 0 Å². The fourth-order valence-corrected chi connectivity index (χ4v) is 6.06. The smallest absolute Gasteiger partial charge is 0.332 e. The topological polar surface area (TPSA) is 401 Å². The van der Waals surface area contributed by atoms with E-state index in [9.17, 15) is 4.57 Å². The van der Waals surface area contributed by atoms with Crippen LogP contribution in [0.15, 0.2) is 0 Å². The molecule has 0 aliphatic carbocycles. The molecule has 4 fully saturated rings. The van der Waals surface area contributed by atoms with Crippen molar-refractivity contribution in [2.75, 3.05) is 79.3 Å². The lowest BCUT2D eigenvalue weighted by molar-refractivity contribution is -0.0743. The number of hydrogen-bond donors (Lipinski definition) is 10.